The van der Waals surface area contributed by atoms with Gasteiger partial charge in [0.2, 0.25) is 11.7 Å². The molecule has 2 heterocycles. The normalized spacial score (nSPS) is 17.0. The maximum absolute atomic E-state index is 5.91. The molecule has 0 spiro atoms. The van der Waals surface area contributed by atoms with E-state index in [1.807, 2.05) is 24.3 Å². The van der Waals surface area contributed by atoms with E-state index >= 15 is 0 Å². The number of aromatic nitrogens is 2. The summed E-state index contributed by atoms with van der Waals surface area (Å²) >= 11 is 0. The average Bonchev–Trinajstić information content (AvgIpc) is 2.98. The number of methoxy groups -OCH3 is 1. The zero-order valence-corrected chi connectivity index (χ0v) is 12.2. The van der Waals surface area contributed by atoms with Crippen molar-refractivity contribution >= 4 is 0 Å². The van der Waals surface area contributed by atoms with E-state index < -0.39 is 0 Å². The molecule has 2 N–H and O–H groups in total. The number of hydrogen-bond acceptors (Lipinski definition) is 6. The van der Waals surface area contributed by atoms with E-state index in [9.17, 15) is 0 Å². The van der Waals surface area contributed by atoms with Gasteiger partial charge in [-0.15, -0.1) is 0 Å². The van der Waals surface area contributed by atoms with Crippen molar-refractivity contribution in [2.45, 2.75) is 25.4 Å². The maximum atomic E-state index is 5.91. The number of benzene rings is 1. The first-order valence-corrected chi connectivity index (χ1v) is 7.19. The van der Waals surface area contributed by atoms with Gasteiger partial charge in [0.05, 0.1) is 13.7 Å². The molecule has 21 heavy (non-hydrogen) atoms. The van der Waals surface area contributed by atoms with Gasteiger partial charge in [-0.05, 0) is 37.1 Å². The standard InChI is InChI=1S/C15H20N4O2/c1-20-13-4-2-11(3-5-13)15-17-14(21-18-15)10-19-8-6-12(16)7-9-19/h2-5,12H,6-10,16H2,1H3. The maximum Gasteiger partial charge on any atom is 0.241 e. The van der Waals surface area contributed by atoms with E-state index in [0.717, 1.165) is 37.2 Å². The summed E-state index contributed by atoms with van der Waals surface area (Å²) in [5, 5.41) is 4.04. The van der Waals surface area contributed by atoms with Crippen molar-refractivity contribution in [2.24, 2.45) is 5.73 Å². The molecule has 1 aromatic heterocycles. The fourth-order valence-corrected chi connectivity index (χ4v) is 2.48. The van der Waals surface area contributed by atoms with Gasteiger partial charge in [0.25, 0.3) is 0 Å². The molecule has 6 heteroatoms. The molecule has 2 aromatic rings. The summed E-state index contributed by atoms with van der Waals surface area (Å²) in [6.07, 6.45) is 2.05. The van der Waals surface area contributed by atoms with Crippen molar-refractivity contribution in [1.82, 2.24) is 15.0 Å². The van der Waals surface area contributed by atoms with Crippen molar-refractivity contribution in [3.8, 4) is 17.1 Å². The Labute approximate surface area is 123 Å². The van der Waals surface area contributed by atoms with Crippen LogP contribution in [0.2, 0.25) is 0 Å². The molecular weight excluding hydrogens is 268 g/mol. The lowest BCUT2D eigenvalue weighted by Gasteiger charge is -2.28. The minimum absolute atomic E-state index is 0.332. The molecule has 3 rings (SSSR count). The highest BCUT2D eigenvalue weighted by Crippen LogP contribution is 2.20. The molecule has 1 aromatic carbocycles. The first-order valence-electron chi connectivity index (χ1n) is 7.19. The van der Waals surface area contributed by atoms with Crippen molar-refractivity contribution in [3.63, 3.8) is 0 Å². The highest BCUT2D eigenvalue weighted by Gasteiger charge is 2.18. The Kier molecular flexibility index (Phi) is 4.17. The third kappa shape index (κ3) is 3.40. The van der Waals surface area contributed by atoms with Gasteiger partial charge in [-0.3, -0.25) is 4.90 Å². The summed E-state index contributed by atoms with van der Waals surface area (Å²) in [5.74, 6) is 2.07. The molecule has 0 bridgehead atoms. The van der Waals surface area contributed by atoms with Gasteiger partial charge in [-0.2, -0.15) is 4.98 Å². The van der Waals surface area contributed by atoms with Crippen molar-refractivity contribution in [2.75, 3.05) is 20.2 Å². The number of piperidine rings is 1. The third-order valence-electron chi connectivity index (χ3n) is 3.81. The molecule has 0 aliphatic carbocycles. The molecule has 0 radical (unpaired) electrons. The van der Waals surface area contributed by atoms with Crippen LogP contribution in [0.4, 0.5) is 0 Å². The summed E-state index contributed by atoms with van der Waals surface area (Å²) in [7, 11) is 1.64. The van der Waals surface area contributed by atoms with E-state index in [0.29, 0.717) is 24.3 Å². The Balaban J connectivity index is 1.65. The van der Waals surface area contributed by atoms with Crippen LogP contribution in [-0.4, -0.2) is 41.3 Å². The highest BCUT2D eigenvalue weighted by atomic mass is 16.5. The van der Waals surface area contributed by atoms with Crippen LogP contribution < -0.4 is 10.5 Å². The van der Waals surface area contributed by atoms with E-state index in [2.05, 4.69) is 15.0 Å². The molecule has 0 atom stereocenters. The minimum Gasteiger partial charge on any atom is -0.497 e. The van der Waals surface area contributed by atoms with Crippen molar-refractivity contribution in [3.05, 3.63) is 30.2 Å². The van der Waals surface area contributed by atoms with Crippen LogP contribution in [0.5, 0.6) is 5.75 Å². The summed E-state index contributed by atoms with van der Waals surface area (Å²) < 4.78 is 10.5. The second-order valence-corrected chi connectivity index (χ2v) is 5.35. The quantitative estimate of drug-likeness (QED) is 0.922. The van der Waals surface area contributed by atoms with Gasteiger partial charge >= 0.3 is 0 Å². The van der Waals surface area contributed by atoms with E-state index in [1.165, 1.54) is 0 Å². The lowest BCUT2D eigenvalue weighted by atomic mass is 10.1. The van der Waals surface area contributed by atoms with E-state index in [-0.39, 0.29) is 0 Å². The fraction of sp³-hybridized carbons (Fsp3) is 0.467. The first kappa shape index (κ1) is 14.0. The summed E-state index contributed by atoms with van der Waals surface area (Å²) in [6.45, 7) is 2.67. The topological polar surface area (TPSA) is 77.4 Å². The zero-order chi connectivity index (χ0) is 14.7. The Morgan fingerprint density at radius 2 is 2.00 bits per heavy atom. The molecule has 112 valence electrons. The van der Waals surface area contributed by atoms with Gasteiger partial charge < -0.3 is 15.0 Å². The lowest BCUT2D eigenvalue weighted by molar-refractivity contribution is 0.182. The van der Waals surface area contributed by atoms with Gasteiger partial charge in [-0.25, -0.2) is 0 Å². The van der Waals surface area contributed by atoms with Crippen LogP contribution in [-0.2, 0) is 6.54 Å². The summed E-state index contributed by atoms with van der Waals surface area (Å²) in [4.78, 5) is 6.76. The molecule has 6 nitrogen and oxygen atoms in total. The number of nitrogens with two attached hydrogens (primary N) is 1. The number of hydrogen-bond donors (Lipinski definition) is 1. The third-order valence-corrected chi connectivity index (χ3v) is 3.81. The van der Waals surface area contributed by atoms with Crippen LogP contribution in [0, 0.1) is 0 Å². The van der Waals surface area contributed by atoms with Gasteiger partial charge in [0, 0.05) is 24.7 Å². The molecule has 0 saturated carbocycles. The fourth-order valence-electron chi connectivity index (χ4n) is 2.48. The van der Waals surface area contributed by atoms with Crippen LogP contribution >= 0.6 is 0 Å². The number of nitrogens with zero attached hydrogens (tertiary/aromatic N) is 3. The Morgan fingerprint density at radius 1 is 1.29 bits per heavy atom. The van der Waals surface area contributed by atoms with E-state index in [1.54, 1.807) is 7.11 Å². The van der Waals surface area contributed by atoms with Crippen LogP contribution in [0.1, 0.15) is 18.7 Å². The first-order chi connectivity index (χ1) is 10.2. The molecule has 0 amide bonds. The van der Waals surface area contributed by atoms with Crippen LogP contribution in [0.15, 0.2) is 28.8 Å². The molecule has 1 fully saturated rings. The monoisotopic (exact) mass is 288 g/mol. The largest absolute Gasteiger partial charge is 0.497 e. The summed E-state index contributed by atoms with van der Waals surface area (Å²) in [5.41, 5.74) is 6.83. The predicted octanol–water partition coefficient (Wildman–Crippen LogP) is 1.67. The van der Waals surface area contributed by atoms with E-state index in [4.69, 9.17) is 15.0 Å². The smallest absolute Gasteiger partial charge is 0.241 e. The second kappa shape index (κ2) is 6.24. The summed E-state index contributed by atoms with van der Waals surface area (Å²) in [6, 6.07) is 7.95. The molecular formula is C15H20N4O2. The molecule has 0 unspecified atom stereocenters. The lowest BCUT2D eigenvalue weighted by Crippen LogP contribution is -2.39. The Morgan fingerprint density at radius 3 is 2.67 bits per heavy atom. The van der Waals surface area contributed by atoms with Gasteiger partial charge in [0.15, 0.2) is 0 Å². The number of likely N-dealkylation sites (tertiary alicyclic amines) is 1. The molecule has 1 aliphatic heterocycles. The Bertz CT molecular complexity index is 574. The second-order valence-electron chi connectivity index (χ2n) is 5.35. The average molecular weight is 288 g/mol. The van der Waals surface area contributed by atoms with Gasteiger partial charge in [-0.1, -0.05) is 5.16 Å². The van der Waals surface area contributed by atoms with Gasteiger partial charge in [0.1, 0.15) is 5.75 Å². The minimum atomic E-state index is 0.332. The van der Waals surface area contributed by atoms with Crippen molar-refractivity contribution < 1.29 is 9.26 Å². The SMILES string of the molecule is COc1ccc(-c2noc(CN3CCC(N)CC3)n2)cc1. The highest BCUT2D eigenvalue weighted by molar-refractivity contribution is 5.55. The van der Waals surface area contributed by atoms with Crippen molar-refractivity contribution in [1.29, 1.82) is 0 Å². The number of rotatable bonds is 4. The predicted molar refractivity (Wildman–Crippen MR) is 78.8 cm³/mol. The zero-order valence-electron chi connectivity index (χ0n) is 12.2. The molecule has 1 saturated heterocycles. The number of ether oxygens (including phenoxy) is 1. The van der Waals surface area contributed by atoms with Crippen LogP contribution in [0.3, 0.4) is 0 Å². The Hall–Kier alpha value is -1.92. The molecule has 1 aliphatic rings. The van der Waals surface area contributed by atoms with Crippen LogP contribution in [0.25, 0.3) is 11.4 Å².